The molecule has 0 unspecified atom stereocenters. The number of nitrogens with zero attached hydrogens (tertiary/aromatic N) is 3. The summed E-state index contributed by atoms with van der Waals surface area (Å²) in [5.41, 5.74) is 5.37. The fourth-order valence-corrected chi connectivity index (χ4v) is 3.27. The zero-order valence-electron chi connectivity index (χ0n) is 12.7. The van der Waals surface area contributed by atoms with Gasteiger partial charge >= 0.3 is 5.97 Å². The lowest BCUT2D eigenvalue weighted by Gasteiger charge is -1.98. The summed E-state index contributed by atoms with van der Waals surface area (Å²) in [6.07, 6.45) is 1.87. The van der Waals surface area contributed by atoms with Crippen LogP contribution in [-0.4, -0.2) is 34.0 Å². The van der Waals surface area contributed by atoms with E-state index in [0.717, 1.165) is 20.2 Å². The van der Waals surface area contributed by atoms with Crippen molar-refractivity contribution in [1.82, 2.24) is 15.2 Å². The number of H-pyrrole nitrogens is 1. The quantitative estimate of drug-likeness (QED) is 0.258. The van der Waals surface area contributed by atoms with Crippen molar-refractivity contribution in [2.45, 2.75) is 13.3 Å². The Balaban J connectivity index is 1.61. The third-order valence-corrected chi connectivity index (χ3v) is 4.71. The molecule has 0 aliphatic carbocycles. The molecular weight excluding hydrogens is 441 g/mol. The summed E-state index contributed by atoms with van der Waals surface area (Å²) in [6, 6.07) is 5.93. The van der Waals surface area contributed by atoms with Crippen molar-refractivity contribution in [2.75, 3.05) is 12.0 Å². The number of benzene rings is 1. The molecule has 0 atom stereocenters. The first-order valence-corrected chi connectivity index (χ1v) is 9.14. The number of hydrogen-bond acceptors (Lipinski definition) is 7. The Morgan fingerprint density at radius 3 is 3.25 bits per heavy atom. The summed E-state index contributed by atoms with van der Waals surface area (Å²) in [6.45, 7) is 2.15. The number of esters is 1. The molecule has 0 saturated heterocycles. The minimum atomic E-state index is -0.278. The Hall–Kier alpha value is -2.01. The number of aromatic nitrogens is 3. The number of hydrogen-bond donors (Lipinski definition) is 2. The van der Waals surface area contributed by atoms with Crippen molar-refractivity contribution in [3.8, 4) is 0 Å². The summed E-state index contributed by atoms with van der Waals surface area (Å²) in [7, 11) is 0. The summed E-state index contributed by atoms with van der Waals surface area (Å²) in [4.78, 5) is 15.7. The minimum Gasteiger partial charge on any atom is -0.466 e. The number of carbonyl (C=O) groups is 1. The highest BCUT2D eigenvalue weighted by Gasteiger charge is 2.08. The smallest absolute Gasteiger partial charge is 0.311 e. The van der Waals surface area contributed by atoms with Crippen molar-refractivity contribution in [3.05, 3.63) is 38.5 Å². The molecule has 1 aromatic carbocycles. The molecule has 2 N–H and O–H groups in total. The van der Waals surface area contributed by atoms with Gasteiger partial charge in [-0.3, -0.25) is 15.3 Å². The zero-order chi connectivity index (χ0) is 16.9. The fourth-order valence-electron chi connectivity index (χ4n) is 2.04. The van der Waals surface area contributed by atoms with Gasteiger partial charge in [0.2, 0.25) is 5.13 Å². The second-order valence-corrected chi connectivity index (χ2v) is 6.75. The van der Waals surface area contributed by atoms with Gasteiger partial charge in [0.25, 0.3) is 0 Å². The molecule has 0 aliphatic rings. The van der Waals surface area contributed by atoms with Gasteiger partial charge in [-0.05, 0) is 47.2 Å². The van der Waals surface area contributed by atoms with Gasteiger partial charge in [-0.2, -0.15) is 10.2 Å². The molecule has 0 saturated carbocycles. The van der Waals surface area contributed by atoms with Gasteiger partial charge in [0, 0.05) is 10.8 Å². The molecule has 24 heavy (non-hydrogen) atoms. The highest BCUT2D eigenvalue weighted by molar-refractivity contribution is 14.1. The molecule has 0 bridgehead atoms. The van der Waals surface area contributed by atoms with Crippen molar-refractivity contribution in [1.29, 1.82) is 0 Å². The largest absolute Gasteiger partial charge is 0.466 e. The summed E-state index contributed by atoms with van der Waals surface area (Å²) >= 11 is 3.60. The van der Waals surface area contributed by atoms with Gasteiger partial charge in [-0.1, -0.05) is 6.07 Å². The first kappa shape index (κ1) is 16.8. The number of fused-ring (bicyclic) bond motifs is 1. The normalized spacial score (nSPS) is 11.2. The van der Waals surface area contributed by atoms with Crippen LogP contribution in [0.3, 0.4) is 0 Å². The number of aromatic amines is 1. The van der Waals surface area contributed by atoms with Crippen LogP contribution in [0.15, 0.2) is 28.7 Å². The second kappa shape index (κ2) is 7.71. The van der Waals surface area contributed by atoms with Crippen molar-refractivity contribution in [2.24, 2.45) is 5.10 Å². The fraction of sp³-hybridized carbons (Fsp3) is 0.200. The van der Waals surface area contributed by atoms with Crippen LogP contribution in [0.4, 0.5) is 5.13 Å². The Labute approximate surface area is 155 Å². The second-order valence-electron chi connectivity index (χ2n) is 4.81. The molecule has 3 rings (SSSR count). The molecule has 0 fully saturated rings. The molecular formula is C15H14IN5O2S. The summed E-state index contributed by atoms with van der Waals surface area (Å²) in [5, 5.41) is 14.9. The van der Waals surface area contributed by atoms with Crippen LogP contribution in [0.1, 0.15) is 18.2 Å². The molecule has 0 aliphatic heterocycles. The Morgan fingerprint density at radius 1 is 1.54 bits per heavy atom. The Morgan fingerprint density at radius 2 is 2.42 bits per heavy atom. The predicted molar refractivity (Wildman–Crippen MR) is 102 cm³/mol. The molecule has 0 spiro atoms. The van der Waals surface area contributed by atoms with Crippen LogP contribution in [0.25, 0.3) is 10.9 Å². The van der Waals surface area contributed by atoms with Crippen LogP contribution in [0.2, 0.25) is 0 Å². The predicted octanol–water partition coefficient (Wildman–Crippen LogP) is 3.18. The standard InChI is InChI=1S/C15H14IN5O2S/c1-2-23-13(22)6-10-8-24-15(18-10)21-17-7-9-3-4-11-12(5-9)19-20-14(11)16/h3-5,7-8H,2,6H2,1H3,(H,18,21)(H,19,20). The molecule has 9 heteroatoms. The maximum Gasteiger partial charge on any atom is 0.311 e. The SMILES string of the molecule is CCOC(=O)Cc1csc(NN=Cc2ccc3c(I)[nH]nc3c2)n1. The number of ether oxygens (including phenoxy) is 1. The van der Waals surface area contributed by atoms with Crippen molar-refractivity contribution in [3.63, 3.8) is 0 Å². The Bertz CT molecular complexity index is 889. The van der Waals surface area contributed by atoms with Gasteiger partial charge in [-0.25, -0.2) is 4.98 Å². The number of hydrazone groups is 1. The number of carbonyl (C=O) groups excluding carboxylic acids is 1. The van der Waals surface area contributed by atoms with Gasteiger partial charge in [0.15, 0.2) is 0 Å². The molecule has 2 aromatic heterocycles. The van der Waals surface area contributed by atoms with Crippen LogP contribution in [0, 0.1) is 3.70 Å². The van der Waals surface area contributed by atoms with Crippen molar-refractivity contribution >= 4 is 62.1 Å². The van der Waals surface area contributed by atoms with E-state index < -0.39 is 0 Å². The van der Waals surface area contributed by atoms with Crippen LogP contribution in [0.5, 0.6) is 0 Å². The van der Waals surface area contributed by atoms with Gasteiger partial charge < -0.3 is 4.74 Å². The van der Waals surface area contributed by atoms with E-state index in [1.54, 1.807) is 13.1 Å². The first-order valence-electron chi connectivity index (χ1n) is 7.18. The van der Waals surface area contributed by atoms with E-state index in [-0.39, 0.29) is 12.4 Å². The van der Waals surface area contributed by atoms with Gasteiger partial charge in [0.1, 0.15) is 3.70 Å². The minimum absolute atomic E-state index is 0.171. The lowest BCUT2D eigenvalue weighted by molar-refractivity contribution is -0.142. The molecule has 124 valence electrons. The lowest BCUT2D eigenvalue weighted by Crippen LogP contribution is -2.07. The van der Waals surface area contributed by atoms with Gasteiger partial charge in [0.05, 0.1) is 30.5 Å². The van der Waals surface area contributed by atoms with Crippen LogP contribution in [-0.2, 0) is 16.0 Å². The molecule has 0 amide bonds. The number of rotatable bonds is 6. The molecule has 2 heterocycles. The van der Waals surface area contributed by atoms with E-state index >= 15 is 0 Å². The van der Waals surface area contributed by atoms with Gasteiger partial charge in [-0.15, -0.1) is 11.3 Å². The first-order chi connectivity index (χ1) is 11.7. The van der Waals surface area contributed by atoms with E-state index in [4.69, 9.17) is 4.74 Å². The van der Waals surface area contributed by atoms with Crippen molar-refractivity contribution < 1.29 is 9.53 Å². The van der Waals surface area contributed by atoms with E-state index in [1.165, 1.54) is 11.3 Å². The molecule has 7 nitrogen and oxygen atoms in total. The molecule has 0 radical (unpaired) electrons. The average molecular weight is 455 g/mol. The molecule has 3 aromatic rings. The highest BCUT2D eigenvalue weighted by Crippen LogP contribution is 2.19. The number of nitrogens with one attached hydrogen (secondary N) is 2. The van der Waals surface area contributed by atoms with Crippen LogP contribution < -0.4 is 5.43 Å². The van der Waals surface area contributed by atoms with E-state index in [2.05, 4.69) is 48.3 Å². The lowest BCUT2D eigenvalue weighted by atomic mass is 10.2. The van der Waals surface area contributed by atoms with Crippen LogP contribution >= 0.6 is 33.9 Å². The number of anilines is 1. The summed E-state index contributed by atoms with van der Waals surface area (Å²) in [5.74, 6) is -0.278. The number of thiazole rings is 1. The van der Waals surface area contributed by atoms with E-state index in [1.807, 2.05) is 23.6 Å². The number of halogens is 1. The zero-order valence-corrected chi connectivity index (χ0v) is 15.7. The van der Waals surface area contributed by atoms with E-state index in [9.17, 15) is 4.79 Å². The average Bonchev–Trinajstić information content (AvgIpc) is 3.15. The Kier molecular flexibility index (Phi) is 5.41. The monoisotopic (exact) mass is 455 g/mol. The third-order valence-electron chi connectivity index (χ3n) is 3.09. The third kappa shape index (κ3) is 4.09. The maximum atomic E-state index is 11.4. The topological polar surface area (TPSA) is 92.3 Å². The van der Waals surface area contributed by atoms with E-state index in [0.29, 0.717) is 17.4 Å². The summed E-state index contributed by atoms with van der Waals surface area (Å²) < 4.78 is 5.91. The highest BCUT2D eigenvalue weighted by atomic mass is 127. The maximum absolute atomic E-state index is 11.4.